The Hall–Kier alpha value is -3.42. The molecule has 0 spiro atoms. The third-order valence-corrected chi connectivity index (χ3v) is 14.2. The first-order chi connectivity index (χ1) is 38.2. The predicted octanol–water partition coefficient (Wildman–Crippen LogP) is 15.1. The van der Waals surface area contributed by atoms with Gasteiger partial charge in [0, 0.05) is 6.42 Å². The fourth-order valence-electron chi connectivity index (χ4n) is 9.30. The van der Waals surface area contributed by atoms with Crippen molar-refractivity contribution in [3.8, 4) is 0 Å². The fraction of sp³-hybridized carbons (Fsp3) is 0.731. The highest BCUT2D eigenvalue weighted by Gasteiger charge is 2.47. The molecule has 0 bridgehead atoms. The Morgan fingerprint density at radius 2 is 0.923 bits per heavy atom. The van der Waals surface area contributed by atoms with Crippen molar-refractivity contribution < 1.29 is 49.3 Å². The Morgan fingerprint density at radius 3 is 1.38 bits per heavy atom. The summed E-state index contributed by atoms with van der Waals surface area (Å²) in [6.07, 6.45) is 61.6. The van der Waals surface area contributed by atoms with Gasteiger partial charge in [-0.15, -0.1) is 0 Å². The number of aliphatic hydroxyl groups excluding tert-OH is 5. The van der Waals surface area contributed by atoms with E-state index in [4.69, 9.17) is 14.2 Å². The number of nitrogens with one attached hydrogen (secondary N) is 1. The molecule has 1 fully saturated rings. The molecule has 0 radical (unpaired) electrons. The number of ether oxygens (including phenoxy) is 3. The molecule has 448 valence electrons. The minimum Gasteiger partial charge on any atom is -0.454 e. The highest BCUT2D eigenvalue weighted by molar-refractivity contribution is 5.80. The molecule has 0 aromatic heterocycles. The van der Waals surface area contributed by atoms with Gasteiger partial charge in [-0.25, -0.2) is 0 Å². The lowest BCUT2D eigenvalue weighted by atomic mass is 9.99. The molecular formula is C67H115NO10. The molecular weight excluding hydrogens is 979 g/mol. The number of allylic oxidation sites excluding steroid dienone is 15. The second kappa shape index (κ2) is 54.2. The van der Waals surface area contributed by atoms with Crippen molar-refractivity contribution in [2.24, 2.45) is 0 Å². The highest BCUT2D eigenvalue weighted by atomic mass is 16.7. The summed E-state index contributed by atoms with van der Waals surface area (Å²) in [5.74, 6) is -1.21. The normalized spacial score (nSPS) is 19.6. The number of carbonyl (C=O) groups is 2. The summed E-state index contributed by atoms with van der Waals surface area (Å²) in [6.45, 7) is 5.55. The molecule has 1 amide bonds. The van der Waals surface area contributed by atoms with Crippen LogP contribution in [0.3, 0.4) is 0 Å². The maximum Gasteiger partial charge on any atom is 0.306 e. The first-order valence-corrected chi connectivity index (χ1v) is 31.5. The van der Waals surface area contributed by atoms with Crippen LogP contribution in [0.1, 0.15) is 252 Å². The monoisotopic (exact) mass is 1090 g/mol. The number of amides is 1. The molecule has 0 aromatic rings. The van der Waals surface area contributed by atoms with Gasteiger partial charge in [-0.05, 0) is 96.3 Å². The lowest BCUT2D eigenvalue weighted by molar-refractivity contribution is -0.305. The molecule has 1 saturated heterocycles. The SMILES string of the molecule is CC/C=C\C/C=C\C/C=C\C/C=C\C/C=C\CCCCCCCCCCC(O)C(=O)NC(COC1OC(CO)C(O)C(O)C1OC(=O)CCCCCCCCC/C=C/C/C=C/CC)C(O)/C=C/CCCCCCCCCCC. The first-order valence-electron chi connectivity index (χ1n) is 31.5. The molecule has 1 rings (SSSR count). The minimum absolute atomic E-state index is 0.110. The van der Waals surface area contributed by atoms with Crippen LogP contribution in [0, 0.1) is 0 Å². The summed E-state index contributed by atoms with van der Waals surface area (Å²) >= 11 is 0. The second-order valence-corrected chi connectivity index (χ2v) is 21.4. The summed E-state index contributed by atoms with van der Waals surface area (Å²) in [5.41, 5.74) is 0. The first kappa shape index (κ1) is 72.6. The van der Waals surface area contributed by atoms with E-state index in [9.17, 15) is 35.1 Å². The standard InChI is InChI=1S/C67H115NO10/c1-4-7-10-13-16-19-22-24-26-27-28-29-30-31-32-33-34-35-36-39-42-45-48-51-54-60(71)66(75)68-58(59(70)53-50-47-44-41-38-21-18-15-12-9-6-3)57-76-67-65(64(74)63(73)61(56-69)77-67)78-62(72)55-52-49-46-43-40-37-25-23-20-17-14-11-8-5-2/h7-8,10-11,16-17,19-20,24,26,28-29,31-32,50,53,58-61,63-65,67,69-71,73-74H,4-6,9,12-15,18,21-23,25,27,30,33-49,51-52,54-57H2,1-3H3,(H,68,75)/b10-7-,11-8+,19-16-,20-17+,26-24-,29-28-,32-31-,53-50+. The van der Waals surface area contributed by atoms with Crippen LogP contribution >= 0.6 is 0 Å². The van der Waals surface area contributed by atoms with E-state index >= 15 is 0 Å². The Bertz CT molecular complexity index is 1630. The van der Waals surface area contributed by atoms with Gasteiger partial charge in [-0.2, -0.15) is 0 Å². The quantitative estimate of drug-likeness (QED) is 0.0195. The van der Waals surface area contributed by atoms with Gasteiger partial charge >= 0.3 is 5.97 Å². The largest absolute Gasteiger partial charge is 0.454 e. The van der Waals surface area contributed by atoms with Gasteiger partial charge in [0.15, 0.2) is 12.4 Å². The average molecular weight is 1090 g/mol. The number of hydrogen-bond acceptors (Lipinski definition) is 10. The molecule has 78 heavy (non-hydrogen) atoms. The number of rotatable bonds is 52. The van der Waals surface area contributed by atoms with E-state index in [1.165, 1.54) is 70.6 Å². The van der Waals surface area contributed by atoms with Crippen molar-refractivity contribution in [1.29, 1.82) is 0 Å². The molecule has 1 aliphatic heterocycles. The van der Waals surface area contributed by atoms with Crippen LogP contribution in [0.2, 0.25) is 0 Å². The van der Waals surface area contributed by atoms with Crippen LogP contribution in [-0.2, 0) is 23.8 Å². The molecule has 8 atom stereocenters. The number of esters is 1. The molecule has 0 aliphatic carbocycles. The van der Waals surface area contributed by atoms with E-state index in [-0.39, 0.29) is 19.4 Å². The Balaban J connectivity index is 2.63. The van der Waals surface area contributed by atoms with E-state index in [1.54, 1.807) is 6.08 Å². The highest BCUT2D eigenvalue weighted by Crippen LogP contribution is 2.26. The molecule has 8 unspecified atom stereocenters. The summed E-state index contributed by atoms with van der Waals surface area (Å²) in [7, 11) is 0. The van der Waals surface area contributed by atoms with Gasteiger partial charge in [0.25, 0.3) is 0 Å². The van der Waals surface area contributed by atoms with Gasteiger partial charge in [0.05, 0.1) is 25.4 Å². The summed E-state index contributed by atoms with van der Waals surface area (Å²) < 4.78 is 17.6. The molecule has 11 heteroatoms. The third kappa shape index (κ3) is 41.6. The lowest BCUT2D eigenvalue weighted by Crippen LogP contribution is -2.61. The summed E-state index contributed by atoms with van der Waals surface area (Å²) in [6, 6.07) is -1.03. The van der Waals surface area contributed by atoms with Crippen molar-refractivity contribution in [3.05, 3.63) is 97.2 Å². The topological polar surface area (TPSA) is 175 Å². The molecule has 1 heterocycles. The maximum absolute atomic E-state index is 13.4. The van der Waals surface area contributed by atoms with Crippen LogP contribution < -0.4 is 5.32 Å². The van der Waals surface area contributed by atoms with Crippen LogP contribution in [-0.4, -0.2) is 99.6 Å². The van der Waals surface area contributed by atoms with Gasteiger partial charge in [-0.3, -0.25) is 9.59 Å². The zero-order valence-corrected chi connectivity index (χ0v) is 49.5. The maximum atomic E-state index is 13.4. The van der Waals surface area contributed by atoms with Gasteiger partial charge in [0.2, 0.25) is 5.91 Å². The summed E-state index contributed by atoms with van der Waals surface area (Å²) in [4.78, 5) is 26.5. The number of unbranched alkanes of at least 4 members (excludes halogenated alkanes) is 24. The van der Waals surface area contributed by atoms with Crippen LogP contribution in [0.4, 0.5) is 0 Å². The minimum atomic E-state index is -1.62. The van der Waals surface area contributed by atoms with E-state index in [0.717, 1.165) is 135 Å². The van der Waals surface area contributed by atoms with Crippen molar-refractivity contribution in [2.75, 3.05) is 13.2 Å². The number of hydrogen-bond donors (Lipinski definition) is 6. The lowest BCUT2D eigenvalue weighted by Gasteiger charge is -2.41. The summed E-state index contributed by atoms with van der Waals surface area (Å²) in [5, 5.41) is 57.0. The molecule has 11 nitrogen and oxygen atoms in total. The van der Waals surface area contributed by atoms with E-state index in [0.29, 0.717) is 12.8 Å². The zero-order chi connectivity index (χ0) is 56.8. The third-order valence-electron chi connectivity index (χ3n) is 14.2. The van der Waals surface area contributed by atoms with Gasteiger partial charge in [-0.1, -0.05) is 246 Å². The Morgan fingerprint density at radius 1 is 0.513 bits per heavy atom. The molecule has 0 saturated carbocycles. The van der Waals surface area contributed by atoms with E-state index in [2.05, 4.69) is 111 Å². The average Bonchev–Trinajstić information content (AvgIpc) is 3.44. The molecule has 1 aliphatic rings. The van der Waals surface area contributed by atoms with Crippen molar-refractivity contribution >= 4 is 11.9 Å². The zero-order valence-electron chi connectivity index (χ0n) is 49.5. The predicted molar refractivity (Wildman–Crippen MR) is 324 cm³/mol. The Kier molecular flexibility index (Phi) is 50.4. The van der Waals surface area contributed by atoms with Crippen molar-refractivity contribution in [1.82, 2.24) is 5.32 Å². The van der Waals surface area contributed by atoms with E-state index in [1.807, 2.05) is 6.08 Å². The fourth-order valence-corrected chi connectivity index (χ4v) is 9.30. The molecule has 0 aromatic carbocycles. The molecule has 6 N–H and O–H groups in total. The van der Waals surface area contributed by atoms with Crippen LogP contribution in [0.25, 0.3) is 0 Å². The Labute approximate surface area is 475 Å². The van der Waals surface area contributed by atoms with Crippen LogP contribution in [0.15, 0.2) is 97.2 Å². The van der Waals surface area contributed by atoms with Crippen molar-refractivity contribution in [3.63, 3.8) is 0 Å². The van der Waals surface area contributed by atoms with Crippen molar-refractivity contribution in [2.45, 2.75) is 301 Å². The van der Waals surface area contributed by atoms with Crippen LogP contribution in [0.5, 0.6) is 0 Å². The number of aliphatic hydroxyl groups is 5. The second-order valence-electron chi connectivity index (χ2n) is 21.4. The van der Waals surface area contributed by atoms with Gasteiger partial charge in [0.1, 0.15) is 24.4 Å². The number of carbonyl (C=O) groups excluding carboxylic acids is 2. The van der Waals surface area contributed by atoms with Gasteiger partial charge < -0.3 is 45.1 Å². The van der Waals surface area contributed by atoms with E-state index < -0.39 is 67.4 Å². The smallest absolute Gasteiger partial charge is 0.306 e.